The van der Waals surface area contributed by atoms with Crippen LogP contribution in [0.15, 0.2) is 82.8 Å². The molecule has 6 rings (SSSR count). The zero-order valence-corrected chi connectivity index (χ0v) is 27.6. The molecule has 46 heavy (non-hydrogen) atoms. The molecule has 236 valence electrons. The van der Waals surface area contributed by atoms with E-state index < -0.39 is 17.7 Å². The average molecular weight is 654 g/mol. The maximum Gasteiger partial charge on any atom is 0.301 e. The number of aliphatic hydroxyl groups excluding tert-OH is 1. The predicted molar refractivity (Wildman–Crippen MR) is 181 cm³/mol. The van der Waals surface area contributed by atoms with Crippen LogP contribution in [-0.4, -0.2) is 43.0 Å². The second-order valence-corrected chi connectivity index (χ2v) is 13.4. The molecule has 0 spiro atoms. The monoisotopic (exact) mass is 653 g/mol. The molecule has 0 bridgehead atoms. The number of ketones is 1. The third-order valence-electron chi connectivity index (χ3n) is 7.92. The zero-order valence-electron chi connectivity index (χ0n) is 26.0. The number of aliphatic hydroxyl groups is 1. The number of carbonyl (C=O) groups is 2. The lowest BCUT2D eigenvalue weighted by Crippen LogP contribution is -2.29. The molecule has 0 aliphatic carbocycles. The third-order valence-corrected chi connectivity index (χ3v) is 10.0. The molecule has 1 fully saturated rings. The normalized spacial score (nSPS) is 16.1. The largest absolute Gasteiger partial charge is 0.505 e. The van der Waals surface area contributed by atoms with E-state index in [1.807, 2.05) is 49.4 Å². The highest BCUT2D eigenvalue weighted by Gasteiger charge is 2.49. The number of imidazole rings is 1. The van der Waals surface area contributed by atoms with Gasteiger partial charge in [-0.05, 0) is 55.7 Å². The van der Waals surface area contributed by atoms with Gasteiger partial charge in [-0.25, -0.2) is 4.98 Å². The minimum Gasteiger partial charge on any atom is -0.505 e. The number of aromatic nitrogens is 4. The molecule has 0 radical (unpaired) electrons. The standard InChI is InChI=1S/C35H35N5O4S2/c1-4-5-6-9-20-44-26-17-15-25(16-18-26)30-28(31(41)29-23(3)36-27-10-7-8-19-39(27)29)32(42)33(43)40(30)34-37-38-35(46-34)45-21-24-13-11-22(2)12-14-24/h7-8,10-19,30,41H,4-6,9,20-21H2,1-3H3. The lowest BCUT2D eigenvalue weighted by atomic mass is 9.96. The maximum atomic E-state index is 13.8. The van der Waals surface area contributed by atoms with Crippen molar-refractivity contribution in [1.82, 2.24) is 19.6 Å². The number of aryl methyl sites for hydroxylation is 2. The van der Waals surface area contributed by atoms with E-state index in [4.69, 9.17) is 4.74 Å². The molecule has 1 aliphatic rings. The highest BCUT2D eigenvalue weighted by molar-refractivity contribution is 8.00. The number of ether oxygens (including phenoxy) is 1. The number of hydrogen-bond donors (Lipinski definition) is 1. The van der Waals surface area contributed by atoms with Crippen LogP contribution in [0, 0.1) is 13.8 Å². The van der Waals surface area contributed by atoms with E-state index in [2.05, 4.69) is 46.4 Å². The summed E-state index contributed by atoms with van der Waals surface area (Å²) in [6.07, 6.45) is 6.17. The van der Waals surface area contributed by atoms with Gasteiger partial charge in [-0.15, -0.1) is 10.2 Å². The zero-order chi connectivity index (χ0) is 32.2. The van der Waals surface area contributed by atoms with E-state index in [0.717, 1.165) is 24.8 Å². The molecule has 1 saturated heterocycles. The van der Waals surface area contributed by atoms with Crippen LogP contribution < -0.4 is 9.64 Å². The highest BCUT2D eigenvalue weighted by atomic mass is 32.2. The summed E-state index contributed by atoms with van der Waals surface area (Å²) >= 11 is 2.75. The van der Waals surface area contributed by atoms with Gasteiger partial charge in [0, 0.05) is 11.9 Å². The Kier molecular flexibility index (Phi) is 9.51. The fourth-order valence-corrected chi connectivity index (χ4v) is 7.35. The van der Waals surface area contributed by atoms with Crippen molar-refractivity contribution in [3.63, 3.8) is 0 Å². The first-order valence-electron chi connectivity index (χ1n) is 15.4. The van der Waals surface area contributed by atoms with Crippen molar-refractivity contribution in [3.8, 4) is 5.75 Å². The fourth-order valence-electron chi connectivity index (χ4n) is 5.52. The Bertz CT molecular complexity index is 1900. The summed E-state index contributed by atoms with van der Waals surface area (Å²) in [4.78, 5) is 33.4. The Balaban J connectivity index is 1.36. The van der Waals surface area contributed by atoms with Crippen molar-refractivity contribution < 1.29 is 19.4 Å². The number of rotatable bonds is 12. The Morgan fingerprint density at radius 3 is 2.52 bits per heavy atom. The third kappa shape index (κ3) is 6.43. The van der Waals surface area contributed by atoms with E-state index in [9.17, 15) is 14.7 Å². The Morgan fingerprint density at radius 1 is 0.978 bits per heavy atom. The molecule has 1 amide bonds. The van der Waals surface area contributed by atoms with E-state index in [1.165, 1.54) is 40.0 Å². The lowest BCUT2D eigenvalue weighted by Gasteiger charge is -2.22. The van der Waals surface area contributed by atoms with Crippen LogP contribution in [0.1, 0.15) is 66.7 Å². The fraction of sp³-hybridized carbons (Fsp3) is 0.286. The van der Waals surface area contributed by atoms with Crippen LogP contribution in [0.4, 0.5) is 5.13 Å². The first-order valence-corrected chi connectivity index (χ1v) is 17.2. The summed E-state index contributed by atoms with van der Waals surface area (Å²) in [7, 11) is 0. The number of benzene rings is 2. The first-order chi connectivity index (χ1) is 22.4. The van der Waals surface area contributed by atoms with E-state index in [-0.39, 0.29) is 16.5 Å². The number of hydrogen-bond acceptors (Lipinski definition) is 9. The van der Waals surface area contributed by atoms with Gasteiger partial charge in [0.2, 0.25) is 5.13 Å². The van der Waals surface area contributed by atoms with Crippen molar-refractivity contribution in [1.29, 1.82) is 0 Å². The van der Waals surface area contributed by atoms with Crippen LogP contribution in [-0.2, 0) is 15.3 Å². The molecular formula is C35H35N5O4S2. The summed E-state index contributed by atoms with van der Waals surface area (Å²) in [6.45, 7) is 6.60. The molecule has 3 aromatic heterocycles. The number of pyridine rings is 1. The van der Waals surface area contributed by atoms with Crippen molar-refractivity contribution in [2.24, 2.45) is 0 Å². The number of anilines is 1. The molecule has 5 aromatic rings. The Morgan fingerprint density at radius 2 is 1.76 bits per heavy atom. The summed E-state index contributed by atoms with van der Waals surface area (Å²) in [5, 5.41) is 20.8. The quantitative estimate of drug-likeness (QED) is 0.0365. The first kappa shape index (κ1) is 31.5. The number of unbranched alkanes of at least 4 members (excludes halogenated alkanes) is 3. The molecule has 1 unspecified atom stereocenters. The number of nitrogens with zero attached hydrogens (tertiary/aromatic N) is 5. The van der Waals surface area contributed by atoms with E-state index in [0.29, 0.717) is 45.0 Å². The second kappa shape index (κ2) is 13.9. The lowest BCUT2D eigenvalue weighted by molar-refractivity contribution is -0.132. The minimum atomic E-state index is -0.935. The molecular weight excluding hydrogens is 619 g/mol. The van der Waals surface area contributed by atoms with Gasteiger partial charge in [-0.2, -0.15) is 0 Å². The molecule has 2 aromatic carbocycles. The number of thioether (sulfide) groups is 1. The van der Waals surface area contributed by atoms with Gasteiger partial charge in [0.1, 0.15) is 17.1 Å². The van der Waals surface area contributed by atoms with Crippen molar-refractivity contribution >= 4 is 51.3 Å². The number of carbonyl (C=O) groups excluding carboxylic acids is 2. The summed E-state index contributed by atoms with van der Waals surface area (Å²) < 4.78 is 8.34. The smallest absolute Gasteiger partial charge is 0.301 e. The van der Waals surface area contributed by atoms with E-state index in [1.54, 1.807) is 17.5 Å². The molecule has 4 heterocycles. The van der Waals surface area contributed by atoms with Gasteiger partial charge in [0.25, 0.3) is 5.78 Å². The van der Waals surface area contributed by atoms with Crippen LogP contribution >= 0.6 is 23.1 Å². The molecule has 9 nitrogen and oxygen atoms in total. The summed E-state index contributed by atoms with van der Waals surface area (Å²) in [5.41, 5.74) is 4.44. The van der Waals surface area contributed by atoms with Crippen LogP contribution in [0.3, 0.4) is 0 Å². The highest BCUT2D eigenvalue weighted by Crippen LogP contribution is 2.44. The van der Waals surface area contributed by atoms with Gasteiger partial charge in [-0.3, -0.25) is 18.9 Å². The molecule has 1 atom stereocenters. The van der Waals surface area contributed by atoms with E-state index >= 15 is 0 Å². The Hall–Kier alpha value is -4.48. The summed E-state index contributed by atoms with van der Waals surface area (Å²) in [5.74, 6) is -0.490. The second-order valence-electron chi connectivity index (χ2n) is 11.2. The topological polar surface area (TPSA) is 110 Å². The predicted octanol–water partition coefficient (Wildman–Crippen LogP) is 7.68. The van der Waals surface area contributed by atoms with Gasteiger partial charge in [0.15, 0.2) is 10.1 Å². The molecule has 1 N–H and O–H groups in total. The SMILES string of the molecule is CCCCCCOc1ccc(C2C(=C(O)c3c(C)nc4ccccn34)C(=O)C(=O)N2c2nnc(SCc3ccc(C)cc3)s2)cc1. The average Bonchev–Trinajstić information content (AvgIpc) is 3.74. The van der Waals surface area contributed by atoms with Gasteiger partial charge >= 0.3 is 5.91 Å². The number of Topliss-reactive ketones (excluding diaryl/α,β-unsaturated/α-hetero) is 1. The number of amides is 1. The maximum absolute atomic E-state index is 13.8. The van der Waals surface area contributed by atoms with Crippen LogP contribution in [0.5, 0.6) is 5.75 Å². The van der Waals surface area contributed by atoms with Crippen LogP contribution in [0.2, 0.25) is 0 Å². The van der Waals surface area contributed by atoms with Crippen LogP contribution in [0.25, 0.3) is 11.4 Å². The molecule has 11 heteroatoms. The van der Waals surface area contributed by atoms with Gasteiger partial charge < -0.3 is 9.84 Å². The minimum absolute atomic E-state index is 0.0314. The molecule has 0 saturated carbocycles. The number of fused-ring (bicyclic) bond motifs is 1. The molecule has 1 aliphatic heterocycles. The summed E-state index contributed by atoms with van der Waals surface area (Å²) in [6, 6.07) is 20.1. The van der Waals surface area contributed by atoms with Gasteiger partial charge in [-0.1, -0.05) is 97.3 Å². The van der Waals surface area contributed by atoms with Crippen molar-refractivity contribution in [3.05, 3.63) is 107 Å². The Labute approximate surface area is 276 Å². The van der Waals surface area contributed by atoms with Gasteiger partial charge in [0.05, 0.1) is 23.9 Å². The van der Waals surface area contributed by atoms with Crippen molar-refractivity contribution in [2.75, 3.05) is 11.5 Å². The van der Waals surface area contributed by atoms with Crippen molar-refractivity contribution in [2.45, 2.75) is 62.6 Å².